The Morgan fingerprint density at radius 1 is 0.655 bits per heavy atom. The van der Waals surface area contributed by atoms with Gasteiger partial charge in [0.2, 0.25) is 0 Å². The molecule has 0 spiro atoms. The van der Waals surface area contributed by atoms with Gasteiger partial charge in [-0.2, -0.15) is 0 Å². The van der Waals surface area contributed by atoms with Crippen LogP contribution < -0.4 is 0 Å². The molecule has 0 amide bonds. The fourth-order valence-electron chi connectivity index (χ4n) is 3.05. The molecule has 4 nitrogen and oxygen atoms in total. The number of hydrogen-bond donors (Lipinski definition) is 2. The minimum atomic E-state index is 0.0835. The quantitative estimate of drug-likeness (QED) is 0.423. The zero-order valence-electron chi connectivity index (χ0n) is 15.9. The van der Waals surface area contributed by atoms with Gasteiger partial charge < -0.3 is 10.2 Å². The van der Waals surface area contributed by atoms with Crippen LogP contribution >= 0.6 is 0 Å². The molecule has 29 heavy (non-hydrogen) atoms. The average Bonchev–Trinajstić information content (AvgIpc) is 2.75. The standard InChI is InChI=1S/C25H20N2O2/c1-17-12-13-20-21(14-17)27-23(16-25(29)19-10-6-3-7-11-19)22(26-20)15-24(28)18-8-4-2-5-9-18/h2-16,28-29H,1H3/b24-15-,25-16-. The van der Waals surface area contributed by atoms with Gasteiger partial charge in [0.15, 0.2) is 0 Å². The summed E-state index contributed by atoms with van der Waals surface area (Å²) in [6.45, 7) is 1.99. The van der Waals surface area contributed by atoms with E-state index in [1.165, 1.54) is 0 Å². The number of aliphatic hydroxyl groups is 2. The normalized spacial score (nSPS) is 12.3. The molecule has 4 aromatic rings. The first-order valence-electron chi connectivity index (χ1n) is 9.31. The third-order valence-electron chi connectivity index (χ3n) is 4.56. The molecule has 3 aromatic carbocycles. The summed E-state index contributed by atoms with van der Waals surface area (Å²) in [5.41, 5.74) is 4.84. The average molecular weight is 380 g/mol. The third kappa shape index (κ3) is 4.17. The molecule has 0 fully saturated rings. The minimum absolute atomic E-state index is 0.0835. The van der Waals surface area contributed by atoms with Crippen LogP contribution in [0.5, 0.6) is 0 Å². The molecule has 0 radical (unpaired) electrons. The highest BCUT2D eigenvalue weighted by Gasteiger charge is 2.10. The van der Waals surface area contributed by atoms with Crippen LogP contribution in [0.3, 0.4) is 0 Å². The number of nitrogens with zero attached hydrogens (tertiary/aromatic N) is 2. The fraction of sp³-hybridized carbons (Fsp3) is 0.0400. The van der Waals surface area contributed by atoms with Gasteiger partial charge in [-0.05, 0) is 24.6 Å². The van der Waals surface area contributed by atoms with Crippen molar-refractivity contribution in [2.75, 3.05) is 0 Å². The number of aryl methyl sites for hydroxylation is 1. The molecule has 142 valence electrons. The number of aromatic nitrogens is 2. The lowest BCUT2D eigenvalue weighted by atomic mass is 10.1. The minimum Gasteiger partial charge on any atom is -0.507 e. The largest absolute Gasteiger partial charge is 0.507 e. The summed E-state index contributed by atoms with van der Waals surface area (Å²) in [6, 6.07) is 24.3. The summed E-state index contributed by atoms with van der Waals surface area (Å²) in [4.78, 5) is 9.37. The zero-order chi connectivity index (χ0) is 20.2. The summed E-state index contributed by atoms with van der Waals surface area (Å²) in [5.74, 6) is 0.168. The van der Waals surface area contributed by atoms with Crippen molar-refractivity contribution in [2.24, 2.45) is 0 Å². The smallest absolute Gasteiger partial charge is 0.125 e. The predicted octanol–water partition coefficient (Wildman–Crippen LogP) is 6.05. The highest BCUT2D eigenvalue weighted by molar-refractivity contribution is 5.86. The van der Waals surface area contributed by atoms with Crippen LogP contribution in [0.4, 0.5) is 0 Å². The number of fused-ring (bicyclic) bond motifs is 1. The SMILES string of the molecule is Cc1ccc2nc(/C=C(\O)c3ccccc3)c(/C=C(\O)c3ccccc3)nc2c1. The lowest BCUT2D eigenvalue weighted by Gasteiger charge is -2.07. The van der Waals surface area contributed by atoms with Gasteiger partial charge in [-0.15, -0.1) is 0 Å². The van der Waals surface area contributed by atoms with Gasteiger partial charge in [-0.25, -0.2) is 9.97 Å². The van der Waals surface area contributed by atoms with Gasteiger partial charge in [0, 0.05) is 23.3 Å². The lowest BCUT2D eigenvalue weighted by molar-refractivity contribution is 0.514. The monoisotopic (exact) mass is 380 g/mol. The third-order valence-corrected chi connectivity index (χ3v) is 4.56. The molecule has 0 saturated heterocycles. The Bertz CT molecular complexity index is 1210. The van der Waals surface area contributed by atoms with E-state index in [4.69, 9.17) is 4.98 Å². The molecule has 1 heterocycles. The van der Waals surface area contributed by atoms with E-state index >= 15 is 0 Å². The molecule has 0 unspecified atom stereocenters. The fourth-order valence-corrected chi connectivity index (χ4v) is 3.05. The summed E-state index contributed by atoms with van der Waals surface area (Å²) in [5, 5.41) is 21.2. The van der Waals surface area contributed by atoms with E-state index in [1.54, 1.807) is 12.2 Å². The predicted molar refractivity (Wildman–Crippen MR) is 118 cm³/mol. The Morgan fingerprint density at radius 2 is 1.14 bits per heavy atom. The van der Waals surface area contributed by atoms with E-state index in [9.17, 15) is 10.2 Å². The molecule has 0 atom stereocenters. The van der Waals surface area contributed by atoms with Crippen LogP contribution in [0.15, 0.2) is 78.9 Å². The van der Waals surface area contributed by atoms with E-state index in [1.807, 2.05) is 85.8 Å². The Morgan fingerprint density at radius 3 is 1.66 bits per heavy atom. The molecular weight excluding hydrogens is 360 g/mol. The van der Waals surface area contributed by atoms with Gasteiger partial charge in [-0.3, -0.25) is 0 Å². The molecule has 0 aliphatic heterocycles. The van der Waals surface area contributed by atoms with Crippen LogP contribution in [0.25, 0.3) is 34.7 Å². The topological polar surface area (TPSA) is 66.2 Å². The van der Waals surface area contributed by atoms with Crippen LogP contribution in [-0.2, 0) is 0 Å². The molecular formula is C25H20N2O2. The van der Waals surface area contributed by atoms with Crippen LogP contribution in [0.1, 0.15) is 28.1 Å². The highest BCUT2D eigenvalue weighted by atomic mass is 16.3. The van der Waals surface area contributed by atoms with Crippen molar-refractivity contribution in [3.05, 3.63) is 107 Å². The zero-order valence-corrected chi connectivity index (χ0v) is 15.9. The highest BCUT2D eigenvalue weighted by Crippen LogP contribution is 2.23. The summed E-state index contributed by atoms with van der Waals surface area (Å²) < 4.78 is 0. The van der Waals surface area contributed by atoms with E-state index in [2.05, 4.69) is 4.98 Å². The van der Waals surface area contributed by atoms with Crippen molar-refractivity contribution >= 4 is 34.7 Å². The van der Waals surface area contributed by atoms with Gasteiger partial charge in [0.25, 0.3) is 0 Å². The second-order valence-corrected chi connectivity index (χ2v) is 6.78. The van der Waals surface area contributed by atoms with E-state index in [0.717, 1.165) is 16.6 Å². The van der Waals surface area contributed by atoms with Crippen molar-refractivity contribution in [1.29, 1.82) is 0 Å². The molecule has 0 aliphatic carbocycles. The van der Waals surface area contributed by atoms with Crippen molar-refractivity contribution in [3.63, 3.8) is 0 Å². The second kappa shape index (κ2) is 7.98. The van der Waals surface area contributed by atoms with Crippen LogP contribution in [-0.4, -0.2) is 20.2 Å². The first-order valence-corrected chi connectivity index (χ1v) is 9.31. The Balaban J connectivity index is 1.88. The molecule has 0 bridgehead atoms. The molecule has 2 N–H and O–H groups in total. The number of benzene rings is 3. The first kappa shape index (κ1) is 18.4. The van der Waals surface area contributed by atoms with E-state index < -0.39 is 0 Å². The summed E-state index contributed by atoms with van der Waals surface area (Å²) >= 11 is 0. The maximum Gasteiger partial charge on any atom is 0.125 e. The molecule has 1 aromatic heterocycles. The van der Waals surface area contributed by atoms with Crippen molar-refractivity contribution in [1.82, 2.24) is 9.97 Å². The number of rotatable bonds is 4. The van der Waals surface area contributed by atoms with Gasteiger partial charge >= 0.3 is 0 Å². The van der Waals surface area contributed by atoms with Gasteiger partial charge in [0.05, 0.1) is 22.4 Å². The molecule has 0 aliphatic rings. The summed E-state index contributed by atoms with van der Waals surface area (Å²) in [7, 11) is 0. The second-order valence-electron chi connectivity index (χ2n) is 6.78. The Hall–Kier alpha value is -3.92. The summed E-state index contributed by atoms with van der Waals surface area (Å²) in [6.07, 6.45) is 3.15. The molecule has 4 heteroatoms. The number of hydrogen-bond acceptors (Lipinski definition) is 4. The van der Waals surface area contributed by atoms with Crippen molar-refractivity contribution < 1.29 is 10.2 Å². The maximum atomic E-state index is 10.6. The van der Waals surface area contributed by atoms with Crippen LogP contribution in [0.2, 0.25) is 0 Å². The lowest BCUT2D eigenvalue weighted by Crippen LogP contribution is -1.97. The Labute approximate surface area is 169 Å². The Kier molecular flexibility index (Phi) is 5.08. The van der Waals surface area contributed by atoms with Crippen molar-refractivity contribution in [3.8, 4) is 0 Å². The van der Waals surface area contributed by atoms with Crippen LogP contribution in [0, 0.1) is 6.92 Å². The number of aliphatic hydroxyl groups excluding tert-OH is 2. The van der Waals surface area contributed by atoms with E-state index in [0.29, 0.717) is 22.5 Å². The maximum absolute atomic E-state index is 10.6. The van der Waals surface area contributed by atoms with Crippen molar-refractivity contribution in [2.45, 2.75) is 6.92 Å². The van der Waals surface area contributed by atoms with E-state index in [-0.39, 0.29) is 11.5 Å². The molecule has 4 rings (SSSR count). The first-order chi connectivity index (χ1) is 14.1. The van der Waals surface area contributed by atoms with Gasteiger partial charge in [0.1, 0.15) is 11.5 Å². The molecule has 0 saturated carbocycles. The van der Waals surface area contributed by atoms with Gasteiger partial charge in [-0.1, -0.05) is 66.7 Å².